The van der Waals surface area contributed by atoms with Crippen LogP contribution < -0.4 is 0 Å². The molecular weight excluding hydrogens is 387 g/mol. The fraction of sp³-hybridized carbons (Fsp3) is 0.500. The first-order chi connectivity index (χ1) is 6.24. The van der Waals surface area contributed by atoms with E-state index in [0.29, 0.717) is 11.8 Å². The number of hydrogen-bond acceptors (Lipinski definition) is 1. The van der Waals surface area contributed by atoms with E-state index >= 15 is 0 Å². The Balaban J connectivity index is 0.00000169. The standard InChI is InChI=1S/C12H18O.Ac/c1-10(2)12(9-13)8-11-6-4-3-5-7-11;/h3-7,10,12-13H,8-9H2,1-2H3;/t12-;/m1./s1. The second-order valence-corrected chi connectivity index (χ2v) is 3.88. The second-order valence-electron chi connectivity index (χ2n) is 3.88. The molecular formula is C12H18AcO. The maximum Gasteiger partial charge on any atom is 0.0464 e. The van der Waals surface area contributed by atoms with Gasteiger partial charge in [0.2, 0.25) is 0 Å². The van der Waals surface area contributed by atoms with Gasteiger partial charge in [0.05, 0.1) is 0 Å². The molecule has 1 nitrogen and oxygen atoms in total. The molecule has 2 heteroatoms. The molecule has 1 N–H and O–H groups in total. The van der Waals surface area contributed by atoms with E-state index in [-0.39, 0.29) is 50.7 Å². The van der Waals surface area contributed by atoms with E-state index in [9.17, 15) is 0 Å². The van der Waals surface area contributed by atoms with Crippen molar-refractivity contribution in [3.05, 3.63) is 35.9 Å². The average Bonchev–Trinajstić information content (AvgIpc) is 2.15. The first kappa shape index (κ1) is 14.6. The maximum absolute atomic E-state index is 9.16. The van der Waals surface area contributed by atoms with Crippen molar-refractivity contribution >= 4 is 0 Å². The van der Waals surface area contributed by atoms with E-state index in [1.807, 2.05) is 18.2 Å². The molecule has 1 aromatic rings. The maximum atomic E-state index is 9.16. The minimum atomic E-state index is 0. The van der Waals surface area contributed by atoms with Crippen molar-refractivity contribution in [2.75, 3.05) is 6.61 Å². The molecule has 1 atom stereocenters. The normalized spacial score (nSPS) is 12.3. The topological polar surface area (TPSA) is 20.2 Å². The van der Waals surface area contributed by atoms with Gasteiger partial charge in [-0.3, -0.25) is 0 Å². The van der Waals surface area contributed by atoms with Crippen LogP contribution in [0.5, 0.6) is 0 Å². The van der Waals surface area contributed by atoms with Gasteiger partial charge in [0, 0.05) is 50.7 Å². The van der Waals surface area contributed by atoms with Crippen LogP contribution in [0.2, 0.25) is 0 Å². The van der Waals surface area contributed by atoms with Crippen molar-refractivity contribution in [3.63, 3.8) is 0 Å². The second kappa shape index (κ2) is 7.85. The zero-order valence-corrected chi connectivity index (χ0v) is 13.7. The Morgan fingerprint density at radius 2 is 1.71 bits per heavy atom. The molecule has 1 radical (unpaired) electrons. The Bertz CT molecular complexity index is 233. The van der Waals surface area contributed by atoms with Crippen LogP contribution in [-0.2, 0) is 6.42 Å². The molecule has 0 aromatic heterocycles. The molecule has 0 saturated carbocycles. The molecule has 14 heavy (non-hydrogen) atoms. The number of aliphatic hydroxyl groups excluding tert-OH is 1. The molecule has 0 amide bonds. The van der Waals surface area contributed by atoms with Gasteiger partial charge in [-0.1, -0.05) is 44.2 Å². The van der Waals surface area contributed by atoms with Crippen LogP contribution in [0, 0.1) is 55.9 Å². The zero-order chi connectivity index (χ0) is 9.68. The number of rotatable bonds is 4. The summed E-state index contributed by atoms with van der Waals surface area (Å²) >= 11 is 0. The Morgan fingerprint density at radius 1 is 1.14 bits per heavy atom. The van der Waals surface area contributed by atoms with Gasteiger partial charge in [0.25, 0.3) is 0 Å². The molecule has 0 bridgehead atoms. The Hall–Kier alpha value is 0.622. The summed E-state index contributed by atoms with van der Waals surface area (Å²) in [4.78, 5) is 0. The molecule has 0 aliphatic carbocycles. The van der Waals surface area contributed by atoms with Crippen molar-refractivity contribution in [2.24, 2.45) is 11.8 Å². The van der Waals surface area contributed by atoms with Gasteiger partial charge in [0.15, 0.2) is 0 Å². The molecule has 0 aliphatic rings. The van der Waals surface area contributed by atoms with Gasteiger partial charge in [-0.05, 0) is 23.8 Å². The van der Waals surface area contributed by atoms with Crippen LogP contribution in [-0.4, -0.2) is 11.7 Å². The van der Waals surface area contributed by atoms with Crippen LogP contribution in [0.4, 0.5) is 0 Å². The molecule has 75 valence electrons. The van der Waals surface area contributed by atoms with E-state index < -0.39 is 0 Å². The monoisotopic (exact) mass is 405 g/mol. The predicted molar refractivity (Wildman–Crippen MR) is 55.6 cm³/mol. The average molecular weight is 405 g/mol. The molecule has 0 heterocycles. The van der Waals surface area contributed by atoms with Crippen LogP contribution in [0.3, 0.4) is 0 Å². The van der Waals surface area contributed by atoms with Crippen LogP contribution in [0.15, 0.2) is 30.3 Å². The van der Waals surface area contributed by atoms with Gasteiger partial charge < -0.3 is 5.11 Å². The van der Waals surface area contributed by atoms with E-state index in [2.05, 4.69) is 26.0 Å². The van der Waals surface area contributed by atoms with Gasteiger partial charge in [-0.25, -0.2) is 0 Å². The van der Waals surface area contributed by atoms with Gasteiger partial charge in [-0.2, -0.15) is 0 Å². The number of aliphatic hydroxyl groups is 1. The van der Waals surface area contributed by atoms with Crippen LogP contribution >= 0.6 is 0 Å². The van der Waals surface area contributed by atoms with Crippen LogP contribution in [0.25, 0.3) is 0 Å². The van der Waals surface area contributed by atoms with Crippen molar-refractivity contribution in [1.29, 1.82) is 0 Å². The fourth-order valence-corrected chi connectivity index (χ4v) is 1.43. The summed E-state index contributed by atoms with van der Waals surface area (Å²) in [5, 5.41) is 9.16. The first-order valence-corrected chi connectivity index (χ1v) is 4.88. The molecule has 0 saturated heterocycles. The number of hydrogen-bond donors (Lipinski definition) is 1. The summed E-state index contributed by atoms with van der Waals surface area (Å²) in [5.74, 6) is 0.938. The molecule has 0 spiro atoms. The Morgan fingerprint density at radius 3 is 2.14 bits per heavy atom. The molecule has 1 aromatic carbocycles. The minimum absolute atomic E-state index is 0. The fourth-order valence-electron chi connectivity index (χ4n) is 1.43. The summed E-state index contributed by atoms with van der Waals surface area (Å²) in [6, 6.07) is 10.3. The molecule has 1 rings (SSSR count). The molecule has 0 unspecified atom stereocenters. The van der Waals surface area contributed by atoms with E-state index in [1.54, 1.807) is 0 Å². The van der Waals surface area contributed by atoms with Crippen molar-refractivity contribution in [1.82, 2.24) is 0 Å². The summed E-state index contributed by atoms with van der Waals surface area (Å²) in [5.41, 5.74) is 1.32. The van der Waals surface area contributed by atoms with Gasteiger partial charge in [0.1, 0.15) is 0 Å². The van der Waals surface area contributed by atoms with E-state index in [4.69, 9.17) is 5.11 Å². The Kier molecular flexibility index (Phi) is 8.20. The van der Waals surface area contributed by atoms with E-state index in [1.165, 1.54) is 5.56 Å². The van der Waals surface area contributed by atoms with Crippen LogP contribution in [0.1, 0.15) is 19.4 Å². The summed E-state index contributed by atoms with van der Waals surface area (Å²) in [7, 11) is 0. The van der Waals surface area contributed by atoms with Gasteiger partial charge in [-0.15, -0.1) is 0 Å². The van der Waals surface area contributed by atoms with Crippen molar-refractivity contribution in [2.45, 2.75) is 20.3 Å². The largest absolute Gasteiger partial charge is 0.396 e. The molecule has 0 aliphatic heterocycles. The zero-order valence-electron chi connectivity index (χ0n) is 8.98. The van der Waals surface area contributed by atoms with Crippen molar-refractivity contribution < 1.29 is 49.2 Å². The number of benzene rings is 1. The smallest absolute Gasteiger partial charge is 0.0464 e. The quantitative estimate of drug-likeness (QED) is 0.817. The first-order valence-electron chi connectivity index (χ1n) is 4.88. The third kappa shape index (κ3) is 4.92. The summed E-state index contributed by atoms with van der Waals surface area (Å²) in [6.07, 6.45) is 0.981. The Labute approximate surface area is 122 Å². The third-order valence-electron chi connectivity index (χ3n) is 2.52. The summed E-state index contributed by atoms with van der Waals surface area (Å²) < 4.78 is 0. The van der Waals surface area contributed by atoms with Crippen molar-refractivity contribution in [3.8, 4) is 0 Å². The SMILES string of the molecule is CC(C)[C@@H](CO)Cc1ccccc1.[Ac]. The summed E-state index contributed by atoms with van der Waals surface area (Å²) in [6.45, 7) is 4.60. The van der Waals surface area contributed by atoms with E-state index in [0.717, 1.165) is 6.42 Å². The van der Waals surface area contributed by atoms with Gasteiger partial charge >= 0.3 is 0 Å². The predicted octanol–water partition coefficient (Wildman–Crippen LogP) is 2.49. The molecule has 0 fully saturated rings. The third-order valence-corrected chi connectivity index (χ3v) is 2.52. The minimum Gasteiger partial charge on any atom is -0.396 e.